The van der Waals surface area contributed by atoms with Crippen LogP contribution in [0.15, 0.2) is 24.4 Å². The Morgan fingerprint density at radius 2 is 2.07 bits per heavy atom. The number of nitrogens with zero attached hydrogens (tertiary/aromatic N) is 6. The number of hydrogen-bond acceptors (Lipinski definition) is 7. The first-order valence-corrected chi connectivity index (χ1v) is 9.19. The zero-order valence-corrected chi connectivity index (χ0v) is 15.0. The number of hydrogen-bond donors (Lipinski definition) is 1. The molecular formula is C17H14F2N6OS. The van der Waals surface area contributed by atoms with Crippen LogP contribution in [-0.2, 0) is 12.6 Å². The number of pyridine rings is 2. The summed E-state index contributed by atoms with van der Waals surface area (Å²) in [7, 11) is 1.77. The second-order valence-electron chi connectivity index (χ2n) is 6.85. The first-order valence-electron chi connectivity index (χ1n) is 8.37. The van der Waals surface area contributed by atoms with Gasteiger partial charge in [0, 0.05) is 24.7 Å². The maximum absolute atomic E-state index is 12.7. The molecule has 0 saturated heterocycles. The van der Waals surface area contributed by atoms with E-state index in [0.29, 0.717) is 32.2 Å². The maximum atomic E-state index is 12.7. The number of fused-ring (bicyclic) bond motifs is 2. The Labute approximate surface area is 155 Å². The molecule has 138 valence electrons. The minimum Gasteiger partial charge on any atom is -0.383 e. The van der Waals surface area contributed by atoms with Crippen molar-refractivity contribution in [2.75, 3.05) is 0 Å². The minimum atomic E-state index is -2.41. The number of thiazole rings is 1. The predicted molar refractivity (Wildman–Crippen MR) is 95.3 cm³/mol. The molecule has 0 bridgehead atoms. The van der Waals surface area contributed by atoms with Crippen molar-refractivity contribution in [1.29, 1.82) is 0 Å². The second kappa shape index (κ2) is 5.70. The molecule has 0 radical (unpaired) electrons. The third-order valence-electron chi connectivity index (χ3n) is 4.95. The van der Waals surface area contributed by atoms with Gasteiger partial charge in [-0.25, -0.2) is 28.4 Å². The van der Waals surface area contributed by atoms with Gasteiger partial charge in [0.15, 0.2) is 5.65 Å². The van der Waals surface area contributed by atoms with E-state index in [4.69, 9.17) is 0 Å². The lowest BCUT2D eigenvalue weighted by Gasteiger charge is -2.41. The molecule has 0 aromatic carbocycles. The van der Waals surface area contributed by atoms with E-state index in [9.17, 15) is 13.9 Å². The zero-order chi connectivity index (χ0) is 18.8. The smallest absolute Gasteiger partial charge is 0.241 e. The highest BCUT2D eigenvalue weighted by Gasteiger charge is 2.49. The molecule has 1 aliphatic rings. The van der Waals surface area contributed by atoms with Crippen LogP contribution in [0.5, 0.6) is 0 Å². The van der Waals surface area contributed by atoms with Gasteiger partial charge in [0.05, 0.1) is 5.69 Å². The van der Waals surface area contributed by atoms with E-state index in [1.54, 1.807) is 17.9 Å². The summed E-state index contributed by atoms with van der Waals surface area (Å²) in [5.74, 6) is -0.768. The SMILES string of the molecule is Cn1nnc2cc(-c3ccc4nc(C5(O)CC(C(F)F)C5)sc4n3)cnc21. The number of rotatable bonds is 3. The van der Waals surface area contributed by atoms with Gasteiger partial charge >= 0.3 is 0 Å². The van der Waals surface area contributed by atoms with Gasteiger partial charge in [-0.15, -0.1) is 5.10 Å². The van der Waals surface area contributed by atoms with Gasteiger partial charge in [0.2, 0.25) is 6.43 Å². The summed E-state index contributed by atoms with van der Waals surface area (Å²) in [5, 5.41) is 19.0. The van der Waals surface area contributed by atoms with Crippen LogP contribution in [0.3, 0.4) is 0 Å². The standard InChI is InChI=1S/C17H14F2N6OS/c1-25-14-12(23-24-25)4-8(7-20-14)10-2-3-11-15(21-10)27-16(22-11)17(26)5-9(6-17)13(18)19/h2-4,7,9,13,26H,5-6H2,1H3. The lowest BCUT2D eigenvalue weighted by atomic mass is 9.71. The summed E-state index contributed by atoms with van der Waals surface area (Å²) >= 11 is 1.24. The van der Waals surface area contributed by atoms with Gasteiger partial charge in [-0.2, -0.15) is 0 Å². The molecule has 7 nitrogen and oxygen atoms in total. The number of alkyl halides is 2. The zero-order valence-electron chi connectivity index (χ0n) is 14.2. The Bertz CT molecular complexity index is 1170. The minimum absolute atomic E-state index is 0.0324. The van der Waals surface area contributed by atoms with Crippen LogP contribution in [-0.4, -0.2) is 41.5 Å². The highest BCUT2D eigenvalue weighted by atomic mass is 32.1. The van der Waals surface area contributed by atoms with Crippen LogP contribution in [0.1, 0.15) is 17.8 Å². The second-order valence-corrected chi connectivity index (χ2v) is 7.83. The van der Waals surface area contributed by atoms with Gasteiger partial charge in [0.1, 0.15) is 26.5 Å². The van der Waals surface area contributed by atoms with Crippen molar-refractivity contribution in [3.63, 3.8) is 0 Å². The van der Waals surface area contributed by atoms with Crippen LogP contribution in [0.25, 0.3) is 32.8 Å². The molecule has 4 aromatic rings. The number of halogens is 2. The van der Waals surface area contributed by atoms with E-state index in [1.807, 2.05) is 18.2 Å². The van der Waals surface area contributed by atoms with Gasteiger partial charge in [-0.05, 0) is 31.0 Å². The lowest BCUT2D eigenvalue weighted by Crippen LogP contribution is -2.43. The molecule has 10 heteroatoms. The largest absolute Gasteiger partial charge is 0.383 e. The molecule has 0 spiro atoms. The van der Waals surface area contributed by atoms with Crippen molar-refractivity contribution >= 4 is 32.8 Å². The summed E-state index contributed by atoms with van der Waals surface area (Å²) in [6.45, 7) is 0. The summed E-state index contributed by atoms with van der Waals surface area (Å²) < 4.78 is 27.1. The van der Waals surface area contributed by atoms with Crippen LogP contribution >= 0.6 is 11.3 Å². The highest BCUT2D eigenvalue weighted by molar-refractivity contribution is 7.18. The number of aliphatic hydroxyl groups is 1. The Kier molecular flexibility index (Phi) is 3.50. The van der Waals surface area contributed by atoms with Crippen molar-refractivity contribution < 1.29 is 13.9 Å². The maximum Gasteiger partial charge on any atom is 0.241 e. The summed E-state index contributed by atoms with van der Waals surface area (Å²) in [6.07, 6.45) is -0.642. The van der Waals surface area contributed by atoms with Crippen molar-refractivity contribution in [2.24, 2.45) is 13.0 Å². The number of aromatic nitrogens is 6. The van der Waals surface area contributed by atoms with Crippen LogP contribution in [0.2, 0.25) is 0 Å². The molecule has 1 aliphatic carbocycles. The quantitative estimate of drug-likeness (QED) is 0.580. The summed E-state index contributed by atoms with van der Waals surface area (Å²) in [4.78, 5) is 14.0. The van der Waals surface area contributed by atoms with Crippen molar-refractivity contribution in [3.8, 4) is 11.3 Å². The molecule has 1 fully saturated rings. The van der Waals surface area contributed by atoms with Crippen LogP contribution in [0.4, 0.5) is 8.78 Å². The molecule has 5 rings (SSSR count). The molecule has 4 aromatic heterocycles. The van der Waals surface area contributed by atoms with Crippen molar-refractivity contribution in [2.45, 2.75) is 24.9 Å². The molecule has 27 heavy (non-hydrogen) atoms. The third-order valence-corrected chi connectivity index (χ3v) is 6.10. The fourth-order valence-electron chi connectivity index (χ4n) is 3.40. The van der Waals surface area contributed by atoms with Crippen molar-refractivity contribution in [1.82, 2.24) is 29.9 Å². The van der Waals surface area contributed by atoms with Gasteiger partial charge in [0.25, 0.3) is 0 Å². The fourth-order valence-corrected chi connectivity index (χ4v) is 4.45. The van der Waals surface area contributed by atoms with E-state index in [2.05, 4.69) is 25.3 Å². The molecule has 0 unspecified atom stereocenters. The van der Waals surface area contributed by atoms with E-state index in [0.717, 1.165) is 5.56 Å². The van der Waals surface area contributed by atoms with E-state index >= 15 is 0 Å². The Balaban J connectivity index is 1.50. The first-order chi connectivity index (χ1) is 12.9. The molecule has 0 amide bonds. The lowest BCUT2D eigenvalue weighted by molar-refractivity contribution is -0.126. The van der Waals surface area contributed by atoms with Gasteiger partial charge in [-0.3, -0.25) is 0 Å². The van der Waals surface area contributed by atoms with Gasteiger partial charge in [-0.1, -0.05) is 16.6 Å². The fraction of sp³-hybridized carbons (Fsp3) is 0.353. The highest BCUT2D eigenvalue weighted by Crippen LogP contribution is 2.49. The molecule has 1 N–H and O–H groups in total. The normalized spacial score (nSPS) is 22.6. The summed E-state index contributed by atoms with van der Waals surface area (Å²) in [6, 6.07) is 5.49. The average molecular weight is 388 g/mol. The Morgan fingerprint density at radius 3 is 2.85 bits per heavy atom. The topological polar surface area (TPSA) is 89.6 Å². The average Bonchev–Trinajstić information content (AvgIpc) is 3.22. The van der Waals surface area contributed by atoms with Crippen LogP contribution < -0.4 is 0 Å². The molecule has 1 saturated carbocycles. The van der Waals surface area contributed by atoms with E-state index < -0.39 is 17.9 Å². The Hall–Kier alpha value is -2.59. The summed E-state index contributed by atoms with van der Waals surface area (Å²) in [5.41, 5.74) is 2.21. The molecule has 4 heterocycles. The van der Waals surface area contributed by atoms with Crippen molar-refractivity contribution in [3.05, 3.63) is 29.4 Å². The predicted octanol–water partition coefficient (Wildman–Crippen LogP) is 2.90. The van der Waals surface area contributed by atoms with E-state index in [-0.39, 0.29) is 12.8 Å². The molecular weight excluding hydrogens is 374 g/mol. The monoisotopic (exact) mass is 388 g/mol. The first kappa shape index (κ1) is 16.6. The molecule has 0 atom stereocenters. The van der Waals surface area contributed by atoms with Gasteiger partial charge < -0.3 is 5.11 Å². The third kappa shape index (κ3) is 2.59. The van der Waals surface area contributed by atoms with E-state index in [1.165, 1.54) is 11.3 Å². The number of aryl methyl sites for hydroxylation is 1. The Morgan fingerprint density at radius 1 is 1.26 bits per heavy atom. The molecule has 0 aliphatic heterocycles. The van der Waals surface area contributed by atoms with Crippen LogP contribution in [0, 0.1) is 5.92 Å².